The van der Waals surface area contributed by atoms with Crippen molar-refractivity contribution < 1.29 is 9.15 Å². The average molecular weight is 473 g/mol. The van der Waals surface area contributed by atoms with Crippen LogP contribution in [0.25, 0.3) is 20.9 Å². The Balaban J connectivity index is 0.000000128. The number of rotatable bonds is 2. The maximum atomic E-state index is 10.9. The molecular weight excluding hydrogens is 457 g/mol. The predicted molar refractivity (Wildman–Crippen MR) is 127 cm³/mol. The first-order valence-electron chi connectivity index (χ1n) is 9.35. The highest BCUT2D eigenvalue weighted by molar-refractivity contribution is 8.02. The van der Waals surface area contributed by atoms with Gasteiger partial charge in [0.05, 0.1) is 33.2 Å². The molecular formula is C21H16N2O3S4. The molecule has 1 aliphatic heterocycles. The summed E-state index contributed by atoms with van der Waals surface area (Å²) in [5.41, 5.74) is 1.50. The average Bonchev–Trinajstić information content (AvgIpc) is 3.53. The lowest BCUT2D eigenvalue weighted by Crippen LogP contribution is -1.97. The SMILES string of the molecule is C=C1OC(c2cc3c(s2)CCCC3)=NS1.O=c1oc(-c2cc3ccccc3s2)ns1. The van der Waals surface area contributed by atoms with Crippen LogP contribution in [0, 0.1) is 0 Å². The fraction of sp³-hybridized carbons (Fsp3) is 0.190. The van der Waals surface area contributed by atoms with Crippen LogP contribution in [0.4, 0.5) is 0 Å². The lowest BCUT2D eigenvalue weighted by Gasteiger charge is -2.08. The van der Waals surface area contributed by atoms with E-state index in [1.807, 2.05) is 41.7 Å². The van der Waals surface area contributed by atoms with Crippen LogP contribution < -0.4 is 4.94 Å². The molecule has 0 bridgehead atoms. The van der Waals surface area contributed by atoms with Gasteiger partial charge in [0.1, 0.15) is 0 Å². The molecule has 0 saturated carbocycles. The zero-order valence-electron chi connectivity index (χ0n) is 15.8. The van der Waals surface area contributed by atoms with Crippen molar-refractivity contribution in [1.82, 2.24) is 4.37 Å². The summed E-state index contributed by atoms with van der Waals surface area (Å²) in [4.78, 5) is 14.1. The summed E-state index contributed by atoms with van der Waals surface area (Å²) in [6, 6.07) is 12.2. The number of hydrogen-bond donors (Lipinski definition) is 0. The Bertz CT molecular complexity index is 1250. The predicted octanol–water partition coefficient (Wildman–Crippen LogP) is 6.50. The van der Waals surface area contributed by atoms with Crippen molar-refractivity contribution in [3.05, 3.63) is 73.1 Å². The van der Waals surface area contributed by atoms with Gasteiger partial charge in [-0.05, 0) is 61.4 Å². The second-order valence-corrected chi connectivity index (χ2v) is 10.5. The molecule has 0 radical (unpaired) electrons. The summed E-state index contributed by atoms with van der Waals surface area (Å²) in [6.45, 7) is 3.74. The third-order valence-electron chi connectivity index (χ3n) is 4.67. The molecule has 0 unspecified atom stereocenters. The summed E-state index contributed by atoms with van der Waals surface area (Å²) in [7, 11) is 0. The maximum absolute atomic E-state index is 10.9. The molecule has 5 nitrogen and oxygen atoms in total. The highest BCUT2D eigenvalue weighted by Gasteiger charge is 2.20. The number of hydrogen-bond acceptors (Lipinski definition) is 9. The van der Waals surface area contributed by atoms with Crippen molar-refractivity contribution in [2.24, 2.45) is 4.40 Å². The number of ether oxygens (including phenoxy) is 1. The fourth-order valence-electron chi connectivity index (χ4n) is 3.31. The molecule has 6 rings (SSSR count). The molecule has 3 aromatic heterocycles. The summed E-state index contributed by atoms with van der Waals surface area (Å²) in [5, 5.41) is 1.82. The first-order chi connectivity index (χ1) is 14.7. The van der Waals surface area contributed by atoms with Gasteiger partial charge < -0.3 is 9.15 Å². The molecule has 0 spiro atoms. The molecule has 0 amide bonds. The van der Waals surface area contributed by atoms with Crippen LogP contribution in [0.5, 0.6) is 0 Å². The first-order valence-corrected chi connectivity index (χ1v) is 12.5. The van der Waals surface area contributed by atoms with Crippen molar-refractivity contribution in [3.8, 4) is 10.8 Å². The largest absolute Gasteiger partial charge is 0.429 e. The second kappa shape index (κ2) is 8.50. The van der Waals surface area contributed by atoms with Gasteiger partial charge in [-0.1, -0.05) is 18.2 Å². The monoisotopic (exact) mass is 472 g/mol. The summed E-state index contributed by atoms with van der Waals surface area (Å²) in [5.74, 6) is 1.16. The minimum atomic E-state index is -0.359. The van der Waals surface area contributed by atoms with E-state index in [-0.39, 0.29) is 4.94 Å². The third kappa shape index (κ3) is 4.15. The van der Waals surface area contributed by atoms with Gasteiger partial charge in [-0.15, -0.1) is 27.0 Å². The molecule has 1 aromatic carbocycles. The molecule has 0 saturated heterocycles. The minimum absolute atomic E-state index is 0.359. The first kappa shape index (κ1) is 19.7. The highest BCUT2D eigenvalue weighted by atomic mass is 32.2. The minimum Gasteiger partial charge on any atom is -0.429 e. The quantitative estimate of drug-likeness (QED) is 0.312. The smallest absolute Gasteiger partial charge is 0.414 e. The maximum Gasteiger partial charge on any atom is 0.414 e. The lowest BCUT2D eigenvalue weighted by atomic mass is 9.99. The van der Waals surface area contributed by atoms with Crippen molar-refractivity contribution in [1.29, 1.82) is 0 Å². The van der Waals surface area contributed by atoms with Crippen molar-refractivity contribution in [3.63, 3.8) is 0 Å². The Morgan fingerprint density at radius 3 is 2.63 bits per heavy atom. The van der Waals surface area contributed by atoms with Gasteiger partial charge in [0, 0.05) is 9.58 Å². The van der Waals surface area contributed by atoms with E-state index in [9.17, 15) is 4.79 Å². The summed E-state index contributed by atoms with van der Waals surface area (Å²) in [6.07, 6.45) is 5.08. The van der Waals surface area contributed by atoms with Crippen LogP contribution in [-0.4, -0.2) is 10.3 Å². The van der Waals surface area contributed by atoms with E-state index < -0.39 is 0 Å². The van der Waals surface area contributed by atoms with E-state index in [4.69, 9.17) is 9.15 Å². The number of fused-ring (bicyclic) bond motifs is 2. The van der Waals surface area contributed by atoms with Crippen LogP contribution in [-0.2, 0) is 17.6 Å². The van der Waals surface area contributed by atoms with Crippen LogP contribution in [0.3, 0.4) is 0 Å². The Labute approximate surface area is 189 Å². The normalized spacial score (nSPS) is 15.3. The topological polar surface area (TPSA) is 64.7 Å². The molecule has 4 heterocycles. The standard InChI is InChI=1S/C11H11NOS2.C10H5NO2S2/c1-7-13-11(12-15-7)10-6-8-4-2-3-5-9(8)14-10;12-10-13-9(11-15-10)8-5-6-3-1-2-4-7(6)14-8/h6H,1-5H2;1-5H. The summed E-state index contributed by atoms with van der Waals surface area (Å²) >= 11 is 5.57. The zero-order chi connectivity index (χ0) is 20.5. The molecule has 2 aliphatic rings. The van der Waals surface area contributed by atoms with E-state index in [1.54, 1.807) is 11.3 Å². The molecule has 30 heavy (non-hydrogen) atoms. The van der Waals surface area contributed by atoms with E-state index in [1.165, 1.54) is 52.8 Å². The van der Waals surface area contributed by atoms with Gasteiger partial charge >= 0.3 is 4.94 Å². The molecule has 0 N–H and O–H groups in total. The van der Waals surface area contributed by atoms with Gasteiger partial charge in [-0.3, -0.25) is 0 Å². The molecule has 1 aliphatic carbocycles. The Kier molecular flexibility index (Phi) is 5.60. The van der Waals surface area contributed by atoms with Gasteiger partial charge in [0.2, 0.25) is 5.90 Å². The molecule has 9 heteroatoms. The number of aromatic nitrogens is 1. The van der Waals surface area contributed by atoms with Crippen LogP contribution >= 0.6 is 46.2 Å². The van der Waals surface area contributed by atoms with Gasteiger partial charge in [-0.25, -0.2) is 4.79 Å². The number of aryl methyl sites for hydroxylation is 2. The van der Waals surface area contributed by atoms with Crippen molar-refractivity contribution in [2.45, 2.75) is 25.7 Å². The molecule has 0 atom stereocenters. The second-order valence-electron chi connectivity index (χ2n) is 6.72. The highest BCUT2D eigenvalue weighted by Crippen LogP contribution is 2.34. The molecule has 152 valence electrons. The van der Waals surface area contributed by atoms with Crippen LogP contribution in [0.15, 0.2) is 61.7 Å². The fourth-order valence-corrected chi connectivity index (χ4v) is 6.44. The lowest BCUT2D eigenvalue weighted by molar-refractivity contribution is 0.472. The van der Waals surface area contributed by atoms with Crippen LogP contribution in [0.2, 0.25) is 0 Å². The molecule has 4 aromatic rings. The van der Waals surface area contributed by atoms with E-state index in [0.29, 0.717) is 11.0 Å². The van der Waals surface area contributed by atoms with Gasteiger partial charge in [0.25, 0.3) is 5.89 Å². The zero-order valence-corrected chi connectivity index (χ0v) is 19.0. The Hall–Kier alpha value is -2.20. The Morgan fingerprint density at radius 1 is 1.03 bits per heavy atom. The van der Waals surface area contributed by atoms with E-state index in [2.05, 4.69) is 21.4 Å². The number of thiophene rings is 2. The van der Waals surface area contributed by atoms with Crippen molar-refractivity contribution >= 4 is 62.1 Å². The van der Waals surface area contributed by atoms with Crippen molar-refractivity contribution in [2.75, 3.05) is 0 Å². The van der Waals surface area contributed by atoms with E-state index in [0.717, 1.165) is 32.6 Å². The third-order valence-corrected chi connectivity index (χ3v) is 8.03. The van der Waals surface area contributed by atoms with Crippen LogP contribution in [0.1, 0.15) is 28.2 Å². The van der Waals surface area contributed by atoms with Gasteiger partial charge in [-0.2, -0.15) is 4.40 Å². The summed E-state index contributed by atoms with van der Waals surface area (Å²) < 4.78 is 19.8. The van der Waals surface area contributed by atoms with E-state index >= 15 is 0 Å². The molecule has 0 fully saturated rings. The Morgan fingerprint density at radius 2 is 1.90 bits per heavy atom. The number of nitrogens with zero attached hydrogens (tertiary/aromatic N) is 2. The number of benzene rings is 1. The van der Waals surface area contributed by atoms with Gasteiger partial charge in [0.15, 0.2) is 5.09 Å².